The van der Waals surface area contributed by atoms with Crippen molar-refractivity contribution in [1.82, 2.24) is 0 Å². The topological polar surface area (TPSA) is 9.23 Å². The van der Waals surface area contributed by atoms with Crippen molar-refractivity contribution in [1.29, 1.82) is 0 Å². The zero-order valence-electron chi connectivity index (χ0n) is 10.2. The number of ether oxygens (including phenoxy) is 1. The van der Waals surface area contributed by atoms with Crippen LogP contribution in [-0.2, 0) is 0 Å². The molecule has 0 aromatic heterocycles. The van der Waals surface area contributed by atoms with E-state index in [-0.39, 0.29) is 17.0 Å². The van der Waals surface area contributed by atoms with E-state index in [1.807, 2.05) is 0 Å². The second-order valence-corrected chi connectivity index (χ2v) is 4.64. The molecule has 1 nitrogen and oxygen atoms in total. The first-order valence-corrected chi connectivity index (χ1v) is 6.37. The molecule has 0 saturated heterocycles. The fourth-order valence-electron chi connectivity index (χ4n) is 1.65. The summed E-state index contributed by atoms with van der Waals surface area (Å²) in [7, 11) is 0. The van der Waals surface area contributed by atoms with Crippen molar-refractivity contribution >= 4 is 11.6 Å². The lowest BCUT2D eigenvalue weighted by Crippen LogP contribution is -2.01. The molecule has 0 N–H and O–H groups in total. The molecule has 2 rings (SSSR count). The van der Waals surface area contributed by atoms with Crippen molar-refractivity contribution in [3.05, 3.63) is 65.7 Å². The Morgan fingerprint density at radius 2 is 1.42 bits per heavy atom. The minimum Gasteiger partial charge on any atom is -0.494 e. The number of alkyl halides is 1. The van der Waals surface area contributed by atoms with Crippen LogP contribution in [0.2, 0.25) is 0 Å². The first-order valence-electron chi connectivity index (χ1n) is 5.93. The van der Waals surface area contributed by atoms with Crippen LogP contribution in [0.25, 0.3) is 0 Å². The van der Waals surface area contributed by atoms with E-state index in [4.69, 9.17) is 16.3 Å². The summed E-state index contributed by atoms with van der Waals surface area (Å²) < 4.78 is 30.9. The van der Waals surface area contributed by atoms with Gasteiger partial charge in [-0.05, 0) is 42.0 Å². The number of hydrogen-bond donors (Lipinski definition) is 0. The maximum absolute atomic E-state index is 12.8. The van der Waals surface area contributed by atoms with Gasteiger partial charge in [0.2, 0.25) is 0 Å². The highest BCUT2D eigenvalue weighted by Crippen LogP contribution is 2.24. The van der Waals surface area contributed by atoms with Gasteiger partial charge in [0, 0.05) is 6.42 Å². The van der Waals surface area contributed by atoms with Gasteiger partial charge >= 0.3 is 0 Å². The van der Waals surface area contributed by atoms with Crippen molar-refractivity contribution < 1.29 is 13.5 Å². The zero-order valence-corrected chi connectivity index (χ0v) is 10.9. The van der Waals surface area contributed by atoms with Crippen molar-refractivity contribution in [3.8, 4) is 5.75 Å². The van der Waals surface area contributed by atoms with Gasteiger partial charge in [-0.15, -0.1) is 11.6 Å². The molecular weight excluding hydrogens is 270 g/mol. The van der Waals surface area contributed by atoms with Crippen LogP contribution in [0.1, 0.15) is 17.4 Å². The summed E-state index contributed by atoms with van der Waals surface area (Å²) >= 11 is 6.19. The summed E-state index contributed by atoms with van der Waals surface area (Å²) in [4.78, 5) is 0. The van der Waals surface area contributed by atoms with Crippen LogP contribution in [-0.4, -0.2) is 6.61 Å². The molecule has 19 heavy (non-hydrogen) atoms. The van der Waals surface area contributed by atoms with Crippen LogP contribution >= 0.6 is 11.6 Å². The van der Waals surface area contributed by atoms with Crippen LogP contribution in [0.5, 0.6) is 5.75 Å². The van der Waals surface area contributed by atoms with Crippen molar-refractivity contribution in [2.24, 2.45) is 0 Å². The maximum atomic E-state index is 12.8. The summed E-state index contributed by atoms with van der Waals surface area (Å²) in [6, 6.07) is 11.9. The van der Waals surface area contributed by atoms with Crippen LogP contribution < -0.4 is 4.74 Å². The molecule has 1 atom stereocenters. The Labute approximate surface area is 115 Å². The van der Waals surface area contributed by atoms with Crippen LogP contribution in [0.15, 0.2) is 48.5 Å². The van der Waals surface area contributed by atoms with E-state index >= 15 is 0 Å². The molecule has 0 radical (unpaired) electrons. The maximum Gasteiger partial charge on any atom is 0.123 e. The summed E-state index contributed by atoms with van der Waals surface area (Å²) in [5.74, 6) is 0.0217. The van der Waals surface area contributed by atoms with Crippen molar-refractivity contribution in [2.75, 3.05) is 6.61 Å². The molecule has 0 aliphatic heterocycles. The fourth-order valence-corrected chi connectivity index (χ4v) is 1.88. The lowest BCUT2D eigenvalue weighted by molar-refractivity contribution is 0.308. The van der Waals surface area contributed by atoms with Crippen molar-refractivity contribution in [2.45, 2.75) is 11.8 Å². The third kappa shape index (κ3) is 4.21. The second-order valence-electron chi connectivity index (χ2n) is 4.11. The number of benzene rings is 2. The van der Waals surface area contributed by atoms with Gasteiger partial charge in [-0.2, -0.15) is 0 Å². The molecule has 0 bridgehead atoms. The van der Waals surface area contributed by atoms with Gasteiger partial charge in [-0.25, -0.2) is 8.78 Å². The molecule has 0 amide bonds. The summed E-state index contributed by atoms with van der Waals surface area (Å²) in [6.07, 6.45) is 0.588. The van der Waals surface area contributed by atoms with E-state index in [0.717, 1.165) is 5.56 Å². The smallest absolute Gasteiger partial charge is 0.123 e. The Morgan fingerprint density at radius 1 is 0.895 bits per heavy atom. The highest BCUT2D eigenvalue weighted by atomic mass is 35.5. The predicted octanol–water partition coefficient (Wildman–Crippen LogP) is 4.71. The highest BCUT2D eigenvalue weighted by Gasteiger charge is 2.08. The monoisotopic (exact) mass is 282 g/mol. The first kappa shape index (κ1) is 13.8. The van der Waals surface area contributed by atoms with Crippen molar-refractivity contribution in [3.63, 3.8) is 0 Å². The predicted molar refractivity (Wildman–Crippen MR) is 71.5 cm³/mol. The molecule has 0 aliphatic carbocycles. The number of halogens is 3. The zero-order chi connectivity index (χ0) is 13.7. The molecule has 0 saturated carbocycles. The lowest BCUT2D eigenvalue weighted by atomic mass is 10.1. The third-order valence-corrected chi connectivity index (χ3v) is 3.16. The Morgan fingerprint density at radius 3 is 2.00 bits per heavy atom. The minimum atomic E-state index is -0.297. The van der Waals surface area contributed by atoms with Gasteiger partial charge in [0.05, 0.1) is 12.0 Å². The third-order valence-electron chi connectivity index (χ3n) is 2.69. The van der Waals surface area contributed by atoms with Gasteiger partial charge in [0.15, 0.2) is 0 Å². The van der Waals surface area contributed by atoms with Gasteiger partial charge in [-0.1, -0.05) is 12.1 Å². The molecule has 2 aromatic rings. The normalized spacial score (nSPS) is 12.2. The Hall–Kier alpha value is -1.61. The standard InChI is InChI=1S/C15H13ClF2O/c16-15(11-1-3-12(17)4-2-11)9-10-19-14-7-5-13(18)6-8-14/h1-8,15H,9-10H2. The van der Waals surface area contributed by atoms with E-state index in [0.29, 0.717) is 18.8 Å². The van der Waals surface area contributed by atoms with Crippen LogP contribution in [0.3, 0.4) is 0 Å². The van der Waals surface area contributed by atoms with E-state index in [9.17, 15) is 8.78 Å². The largest absolute Gasteiger partial charge is 0.494 e. The first-order chi connectivity index (χ1) is 9.15. The average Bonchev–Trinajstić information content (AvgIpc) is 2.41. The average molecular weight is 283 g/mol. The second kappa shape index (κ2) is 6.53. The molecule has 0 aliphatic rings. The van der Waals surface area contributed by atoms with Crippen LogP contribution in [0.4, 0.5) is 8.78 Å². The molecule has 1 unspecified atom stereocenters. The van der Waals surface area contributed by atoms with Gasteiger partial charge in [-0.3, -0.25) is 0 Å². The van der Waals surface area contributed by atoms with Gasteiger partial charge in [0.1, 0.15) is 17.4 Å². The molecule has 0 spiro atoms. The molecular formula is C15H13ClF2O. The highest BCUT2D eigenvalue weighted by molar-refractivity contribution is 6.20. The van der Waals surface area contributed by atoms with Gasteiger partial charge in [0.25, 0.3) is 0 Å². The molecule has 0 heterocycles. The quantitative estimate of drug-likeness (QED) is 0.722. The lowest BCUT2D eigenvalue weighted by Gasteiger charge is -2.11. The number of rotatable bonds is 5. The summed E-state index contributed by atoms with van der Waals surface area (Å²) in [5, 5.41) is -0.235. The van der Waals surface area contributed by atoms with E-state index in [2.05, 4.69) is 0 Å². The van der Waals surface area contributed by atoms with Gasteiger partial charge < -0.3 is 4.74 Å². The Balaban J connectivity index is 1.82. The SMILES string of the molecule is Fc1ccc(OCCC(Cl)c2ccc(F)cc2)cc1. The Bertz CT molecular complexity index is 511. The summed E-state index contributed by atoms with van der Waals surface area (Å²) in [5.41, 5.74) is 0.853. The van der Waals surface area contributed by atoms with E-state index in [1.165, 1.54) is 24.3 Å². The molecule has 100 valence electrons. The Kier molecular flexibility index (Phi) is 4.74. The summed E-state index contributed by atoms with van der Waals surface area (Å²) in [6.45, 7) is 0.414. The number of hydrogen-bond acceptors (Lipinski definition) is 1. The van der Waals surface area contributed by atoms with Crippen LogP contribution in [0, 0.1) is 11.6 Å². The molecule has 4 heteroatoms. The van der Waals surface area contributed by atoms with E-state index < -0.39 is 0 Å². The van der Waals surface area contributed by atoms with E-state index in [1.54, 1.807) is 24.3 Å². The molecule has 0 fully saturated rings. The fraction of sp³-hybridized carbons (Fsp3) is 0.200. The molecule has 2 aromatic carbocycles. The minimum absolute atomic E-state index is 0.235.